The minimum Gasteiger partial charge on any atom is -0.493 e. The summed E-state index contributed by atoms with van der Waals surface area (Å²) in [4.78, 5) is 5.16. The third-order valence-electron chi connectivity index (χ3n) is 4.87. The predicted octanol–water partition coefficient (Wildman–Crippen LogP) is 6.23. The van der Waals surface area contributed by atoms with Crippen LogP contribution in [0.4, 0.5) is 17.1 Å². The van der Waals surface area contributed by atoms with Crippen LogP contribution in [-0.2, 0) is 0 Å². The number of fused-ring (bicyclic) bond motifs is 1. The molecule has 0 aliphatic heterocycles. The zero-order chi connectivity index (χ0) is 22.3. The number of benzene rings is 3. The van der Waals surface area contributed by atoms with Crippen LogP contribution in [0.3, 0.4) is 0 Å². The summed E-state index contributed by atoms with van der Waals surface area (Å²) in [5.74, 6) is 0.709. The number of rotatable bonds is 8. The first-order valence-electron chi connectivity index (χ1n) is 10.0. The summed E-state index contributed by atoms with van der Waals surface area (Å²) in [5, 5.41) is 19.2. The first-order valence-corrected chi connectivity index (χ1v) is 10.8. The fraction of sp³-hybridized carbons (Fsp3) is 0.125. The average molecular weight is 447 g/mol. The van der Waals surface area contributed by atoms with Gasteiger partial charge in [0, 0.05) is 40.9 Å². The lowest BCUT2D eigenvalue weighted by molar-refractivity contribution is 0.234. The summed E-state index contributed by atoms with van der Waals surface area (Å²) in [6.07, 6.45) is 2.19. The molecule has 1 heterocycles. The van der Waals surface area contributed by atoms with Gasteiger partial charge in [0.1, 0.15) is 17.1 Å². The molecule has 0 atom stereocenters. The number of aliphatic hydroxyl groups excluding tert-OH is 1. The van der Waals surface area contributed by atoms with Crippen LogP contribution in [0.1, 0.15) is 6.42 Å². The molecule has 4 rings (SSSR count). The minimum atomic E-state index is 0.0837. The second-order valence-corrected chi connectivity index (χ2v) is 7.59. The van der Waals surface area contributed by atoms with E-state index in [9.17, 15) is 4.55 Å². The molecule has 0 spiro atoms. The summed E-state index contributed by atoms with van der Waals surface area (Å²) in [6, 6.07) is 20.6. The molecule has 0 fully saturated rings. The standard InChI is InChI=1S/C24H22N4O3S/c25-24-18-7-2-1-6-17(18)23(32-30)14-21(24)28-27-16-10-11-20(26-15-16)19-8-3-4-9-22(19)31-13-5-12-29/h1-4,6-11,14-15,29-30H,5,12-13,25H2/b28-27+. The van der Waals surface area contributed by atoms with E-state index in [0.29, 0.717) is 52.8 Å². The second kappa shape index (κ2) is 10.2. The van der Waals surface area contributed by atoms with Crippen molar-refractivity contribution >= 4 is 39.9 Å². The quantitative estimate of drug-likeness (QED) is 0.128. The monoisotopic (exact) mass is 446 g/mol. The van der Waals surface area contributed by atoms with Crippen LogP contribution < -0.4 is 10.5 Å². The molecule has 0 saturated carbocycles. The summed E-state index contributed by atoms with van der Waals surface area (Å²) >= 11 is 0.655. The van der Waals surface area contributed by atoms with Gasteiger partial charge in [-0.25, -0.2) is 0 Å². The molecule has 0 bridgehead atoms. The van der Waals surface area contributed by atoms with E-state index in [-0.39, 0.29) is 6.61 Å². The fourth-order valence-corrected chi connectivity index (χ4v) is 3.72. The largest absolute Gasteiger partial charge is 0.493 e. The number of nitrogens with zero attached hydrogens (tertiary/aromatic N) is 3. The Kier molecular flexibility index (Phi) is 6.96. The van der Waals surface area contributed by atoms with E-state index in [1.807, 2.05) is 60.7 Å². The van der Waals surface area contributed by atoms with Gasteiger partial charge < -0.3 is 20.1 Å². The fourth-order valence-electron chi connectivity index (χ4n) is 3.28. The highest BCUT2D eigenvalue weighted by molar-refractivity contribution is 7.94. The number of hydrogen-bond donors (Lipinski definition) is 3. The smallest absolute Gasteiger partial charge is 0.128 e. The van der Waals surface area contributed by atoms with Crippen LogP contribution in [-0.4, -0.2) is 27.9 Å². The first kappa shape index (κ1) is 21.8. The van der Waals surface area contributed by atoms with Crippen LogP contribution in [0.25, 0.3) is 22.0 Å². The Labute approximate surface area is 189 Å². The predicted molar refractivity (Wildman–Crippen MR) is 128 cm³/mol. The van der Waals surface area contributed by atoms with E-state index < -0.39 is 0 Å². The number of para-hydroxylation sites is 1. The molecule has 4 N–H and O–H groups in total. The zero-order valence-corrected chi connectivity index (χ0v) is 18.0. The van der Waals surface area contributed by atoms with Gasteiger partial charge in [-0.3, -0.25) is 4.98 Å². The van der Waals surface area contributed by atoms with Crippen molar-refractivity contribution in [3.05, 3.63) is 72.9 Å². The highest BCUT2D eigenvalue weighted by Gasteiger charge is 2.10. The van der Waals surface area contributed by atoms with Crippen LogP contribution in [0.5, 0.6) is 5.75 Å². The lowest BCUT2D eigenvalue weighted by atomic mass is 10.1. The van der Waals surface area contributed by atoms with Crippen molar-refractivity contribution in [2.24, 2.45) is 10.2 Å². The molecule has 8 heteroatoms. The molecule has 0 aliphatic carbocycles. The van der Waals surface area contributed by atoms with Crippen molar-refractivity contribution in [2.45, 2.75) is 11.3 Å². The molecule has 0 amide bonds. The van der Waals surface area contributed by atoms with Crippen molar-refractivity contribution in [2.75, 3.05) is 18.9 Å². The molecular formula is C24H22N4O3S. The van der Waals surface area contributed by atoms with Gasteiger partial charge in [0.05, 0.1) is 24.2 Å². The second-order valence-electron chi connectivity index (χ2n) is 6.97. The number of anilines is 1. The summed E-state index contributed by atoms with van der Waals surface area (Å²) < 4.78 is 15.4. The van der Waals surface area contributed by atoms with Gasteiger partial charge in [0.2, 0.25) is 0 Å². The van der Waals surface area contributed by atoms with Crippen LogP contribution in [0.2, 0.25) is 0 Å². The third-order valence-corrected chi connectivity index (χ3v) is 5.40. The number of azo groups is 1. The van der Waals surface area contributed by atoms with Gasteiger partial charge in [-0.2, -0.15) is 0 Å². The molecule has 0 aliphatic rings. The maximum atomic E-state index is 9.64. The van der Waals surface area contributed by atoms with E-state index in [4.69, 9.17) is 15.6 Å². The lowest BCUT2D eigenvalue weighted by Gasteiger charge is -2.10. The summed E-state index contributed by atoms with van der Waals surface area (Å²) in [6.45, 7) is 0.515. The Hall–Kier alpha value is -3.46. The highest BCUT2D eigenvalue weighted by atomic mass is 32.2. The Morgan fingerprint density at radius 2 is 1.75 bits per heavy atom. The van der Waals surface area contributed by atoms with E-state index in [1.54, 1.807) is 12.3 Å². The lowest BCUT2D eigenvalue weighted by Crippen LogP contribution is -2.01. The summed E-state index contributed by atoms with van der Waals surface area (Å²) in [7, 11) is 0. The van der Waals surface area contributed by atoms with E-state index >= 15 is 0 Å². The van der Waals surface area contributed by atoms with Gasteiger partial charge in [-0.1, -0.05) is 36.4 Å². The molecule has 32 heavy (non-hydrogen) atoms. The topological polar surface area (TPSA) is 113 Å². The third kappa shape index (κ3) is 4.72. The van der Waals surface area contributed by atoms with Crippen molar-refractivity contribution in [1.82, 2.24) is 4.98 Å². The van der Waals surface area contributed by atoms with Crippen molar-refractivity contribution in [3.8, 4) is 17.0 Å². The van der Waals surface area contributed by atoms with Gasteiger partial charge in [-0.05, 0) is 35.7 Å². The van der Waals surface area contributed by atoms with Crippen molar-refractivity contribution in [1.29, 1.82) is 0 Å². The molecule has 4 aromatic rings. The van der Waals surface area contributed by atoms with E-state index in [1.165, 1.54) is 0 Å². The normalized spacial score (nSPS) is 11.3. The van der Waals surface area contributed by atoms with Crippen LogP contribution in [0, 0.1) is 0 Å². The summed E-state index contributed by atoms with van der Waals surface area (Å²) in [5.41, 5.74) is 9.43. The minimum absolute atomic E-state index is 0.0837. The molecule has 0 unspecified atom stereocenters. The average Bonchev–Trinajstić information content (AvgIpc) is 2.85. The van der Waals surface area contributed by atoms with Crippen molar-refractivity contribution < 1.29 is 14.4 Å². The Balaban J connectivity index is 1.58. The first-order chi connectivity index (χ1) is 15.7. The number of pyridine rings is 1. The number of nitrogen functional groups attached to an aromatic ring is 1. The van der Waals surface area contributed by atoms with Crippen LogP contribution >= 0.6 is 12.0 Å². The Morgan fingerprint density at radius 3 is 2.50 bits per heavy atom. The number of aromatic nitrogens is 1. The molecule has 3 aromatic carbocycles. The van der Waals surface area contributed by atoms with Gasteiger partial charge in [-0.15, -0.1) is 10.2 Å². The maximum absolute atomic E-state index is 9.64. The van der Waals surface area contributed by atoms with Gasteiger partial charge in [0.15, 0.2) is 0 Å². The molecular weight excluding hydrogens is 424 g/mol. The maximum Gasteiger partial charge on any atom is 0.128 e. The molecule has 0 radical (unpaired) electrons. The molecule has 162 valence electrons. The van der Waals surface area contributed by atoms with E-state index in [2.05, 4.69) is 15.2 Å². The Bertz CT molecular complexity index is 1250. The number of ether oxygens (including phenoxy) is 1. The number of nitrogens with two attached hydrogens (primary N) is 1. The number of aliphatic hydroxyl groups is 1. The van der Waals surface area contributed by atoms with E-state index in [0.717, 1.165) is 22.0 Å². The highest BCUT2D eigenvalue weighted by Crippen LogP contribution is 2.38. The zero-order valence-electron chi connectivity index (χ0n) is 17.2. The molecule has 1 aromatic heterocycles. The Morgan fingerprint density at radius 1 is 0.969 bits per heavy atom. The van der Waals surface area contributed by atoms with Gasteiger partial charge in [0.25, 0.3) is 0 Å². The van der Waals surface area contributed by atoms with Gasteiger partial charge >= 0.3 is 0 Å². The molecule has 7 nitrogen and oxygen atoms in total. The molecule has 0 saturated heterocycles. The van der Waals surface area contributed by atoms with Crippen LogP contribution in [0.15, 0.2) is 88.1 Å². The van der Waals surface area contributed by atoms with Crippen molar-refractivity contribution in [3.63, 3.8) is 0 Å². The SMILES string of the molecule is Nc1c(/N=N/c2ccc(-c3ccccc3OCCCO)nc2)cc(SO)c2ccccc12. The number of hydrogen-bond acceptors (Lipinski definition) is 8.